The molecule has 1 aliphatic heterocycles. The maximum atomic E-state index is 13.7. The fourth-order valence-electron chi connectivity index (χ4n) is 5.89. The summed E-state index contributed by atoms with van der Waals surface area (Å²) in [6.07, 6.45) is 7.25. The number of carboxylic acid groups (broad SMARTS) is 1. The molecule has 2 aromatic carbocycles. The molecule has 2 aliphatic rings. The van der Waals surface area contributed by atoms with Crippen LogP contribution in [-0.4, -0.2) is 55.8 Å². The summed E-state index contributed by atoms with van der Waals surface area (Å²) in [6, 6.07) is 10.6. The van der Waals surface area contributed by atoms with Crippen LogP contribution in [0.4, 0.5) is 0 Å². The molecular formula is C29H30N4O5. The minimum atomic E-state index is -0.991. The van der Waals surface area contributed by atoms with E-state index in [0.717, 1.165) is 42.1 Å². The second-order valence-electron chi connectivity index (χ2n) is 10.4. The minimum absolute atomic E-state index is 0.0398. The van der Waals surface area contributed by atoms with Crippen molar-refractivity contribution in [3.63, 3.8) is 0 Å². The molecule has 196 valence electrons. The van der Waals surface area contributed by atoms with Crippen LogP contribution in [0.15, 0.2) is 47.4 Å². The number of piperidine rings is 1. The van der Waals surface area contributed by atoms with Crippen molar-refractivity contribution in [2.24, 2.45) is 0 Å². The van der Waals surface area contributed by atoms with E-state index in [0.29, 0.717) is 48.1 Å². The van der Waals surface area contributed by atoms with E-state index in [1.807, 2.05) is 28.6 Å². The van der Waals surface area contributed by atoms with Gasteiger partial charge in [0.05, 0.1) is 34.2 Å². The third-order valence-corrected chi connectivity index (χ3v) is 7.92. The number of nitrogens with one attached hydrogen (secondary N) is 1. The van der Waals surface area contributed by atoms with Gasteiger partial charge in [-0.25, -0.2) is 4.79 Å². The van der Waals surface area contributed by atoms with Crippen molar-refractivity contribution in [1.82, 2.24) is 19.7 Å². The zero-order valence-electron chi connectivity index (χ0n) is 21.3. The van der Waals surface area contributed by atoms with Gasteiger partial charge in [-0.15, -0.1) is 0 Å². The van der Waals surface area contributed by atoms with Gasteiger partial charge in [-0.2, -0.15) is 5.10 Å². The highest BCUT2D eigenvalue weighted by atomic mass is 16.5. The number of nitrogens with zero attached hydrogens (tertiary/aromatic N) is 3. The number of H-pyrrole nitrogens is 1. The van der Waals surface area contributed by atoms with Crippen molar-refractivity contribution in [3.05, 3.63) is 69.6 Å². The van der Waals surface area contributed by atoms with Crippen LogP contribution in [-0.2, 0) is 0 Å². The molecule has 0 unspecified atom stereocenters. The van der Waals surface area contributed by atoms with Crippen LogP contribution in [0.3, 0.4) is 0 Å². The van der Waals surface area contributed by atoms with Gasteiger partial charge in [0.15, 0.2) is 0 Å². The summed E-state index contributed by atoms with van der Waals surface area (Å²) >= 11 is 0. The number of ether oxygens (including phenoxy) is 1. The van der Waals surface area contributed by atoms with Crippen molar-refractivity contribution in [2.75, 3.05) is 13.1 Å². The average molecular weight is 515 g/mol. The third kappa shape index (κ3) is 4.31. The molecule has 3 heterocycles. The Morgan fingerprint density at radius 3 is 2.55 bits per heavy atom. The van der Waals surface area contributed by atoms with Gasteiger partial charge in [0, 0.05) is 36.9 Å². The highest BCUT2D eigenvalue weighted by molar-refractivity contribution is 6.07. The first-order valence-corrected chi connectivity index (χ1v) is 13.2. The number of aryl methyl sites for hydroxylation is 1. The fourth-order valence-corrected chi connectivity index (χ4v) is 5.89. The summed E-state index contributed by atoms with van der Waals surface area (Å²) in [5.74, 6) is -0.506. The molecule has 6 rings (SSSR count). The molecule has 1 aliphatic carbocycles. The molecule has 38 heavy (non-hydrogen) atoms. The number of hydrogen-bond donors (Lipinski definition) is 2. The number of amides is 1. The lowest BCUT2D eigenvalue weighted by Gasteiger charge is -2.32. The van der Waals surface area contributed by atoms with Gasteiger partial charge in [0.1, 0.15) is 11.9 Å². The predicted octanol–water partition coefficient (Wildman–Crippen LogP) is 4.68. The zero-order valence-corrected chi connectivity index (χ0v) is 21.3. The summed E-state index contributed by atoms with van der Waals surface area (Å²) in [6.45, 7) is 2.98. The molecule has 2 aromatic heterocycles. The average Bonchev–Trinajstić information content (AvgIpc) is 3.59. The number of benzene rings is 2. The second-order valence-corrected chi connectivity index (χ2v) is 10.4. The number of aromatic nitrogens is 3. The number of likely N-dealkylation sites (tertiary alicyclic amines) is 1. The predicted molar refractivity (Wildman–Crippen MR) is 143 cm³/mol. The molecule has 9 heteroatoms. The Bertz CT molecular complexity index is 1610. The molecule has 2 N–H and O–H groups in total. The second kappa shape index (κ2) is 9.63. The number of aromatic amines is 1. The van der Waals surface area contributed by atoms with Gasteiger partial charge in [-0.1, -0.05) is 18.9 Å². The van der Waals surface area contributed by atoms with Gasteiger partial charge < -0.3 is 19.7 Å². The summed E-state index contributed by atoms with van der Waals surface area (Å²) in [5.41, 5.74) is 2.98. The van der Waals surface area contributed by atoms with Gasteiger partial charge in [-0.05, 0) is 55.7 Å². The van der Waals surface area contributed by atoms with Crippen LogP contribution in [0.2, 0.25) is 0 Å². The first kappa shape index (κ1) is 24.2. The lowest BCUT2D eigenvalue weighted by Crippen LogP contribution is -2.42. The molecule has 1 amide bonds. The first-order chi connectivity index (χ1) is 18.4. The van der Waals surface area contributed by atoms with Crippen LogP contribution < -0.4 is 10.3 Å². The maximum Gasteiger partial charge on any atom is 0.335 e. The summed E-state index contributed by atoms with van der Waals surface area (Å²) in [4.78, 5) is 42.5. The molecule has 9 nitrogen and oxygen atoms in total. The van der Waals surface area contributed by atoms with Crippen molar-refractivity contribution < 1.29 is 19.4 Å². The summed E-state index contributed by atoms with van der Waals surface area (Å²) < 4.78 is 8.02. The number of aromatic carboxylic acids is 1. The highest BCUT2D eigenvalue weighted by Gasteiger charge is 2.27. The van der Waals surface area contributed by atoms with E-state index in [9.17, 15) is 19.5 Å². The van der Waals surface area contributed by atoms with E-state index >= 15 is 0 Å². The lowest BCUT2D eigenvalue weighted by molar-refractivity contribution is 0.0591. The smallest absolute Gasteiger partial charge is 0.335 e. The fraction of sp³-hybridized carbons (Fsp3) is 0.379. The third-order valence-electron chi connectivity index (χ3n) is 7.92. The Kier molecular flexibility index (Phi) is 6.13. The molecule has 1 saturated heterocycles. The monoisotopic (exact) mass is 514 g/mol. The summed E-state index contributed by atoms with van der Waals surface area (Å²) in [5, 5.41) is 15.2. The molecule has 0 spiro atoms. The first-order valence-electron chi connectivity index (χ1n) is 13.2. The molecule has 1 saturated carbocycles. The van der Waals surface area contributed by atoms with Gasteiger partial charge in [-0.3, -0.25) is 14.3 Å². The normalized spacial score (nSPS) is 16.9. The zero-order chi connectivity index (χ0) is 26.4. The van der Waals surface area contributed by atoms with Crippen LogP contribution >= 0.6 is 0 Å². The summed E-state index contributed by atoms with van der Waals surface area (Å²) in [7, 11) is 0. The number of carbonyl (C=O) groups is 2. The maximum absolute atomic E-state index is 13.7. The van der Waals surface area contributed by atoms with Crippen molar-refractivity contribution in [2.45, 2.75) is 57.6 Å². The number of pyridine rings is 1. The molecule has 0 bridgehead atoms. The Morgan fingerprint density at radius 1 is 1.05 bits per heavy atom. The minimum Gasteiger partial charge on any atom is -0.490 e. The van der Waals surface area contributed by atoms with Crippen LogP contribution in [0.1, 0.15) is 70.8 Å². The Morgan fingerprint density at radius 2 is 1.82 bits per heavy atom. The number of fused-ring (bicyclic) bond motifs is 3. The largest absolute Gasteiger partial charge is 0.490 e. The van der Waals surface area contributed by atoms with Gasteiger partial charge in [0.25, 0.3) is 11.5 Å². The Balaban J connectivity index is 1.25. The number of carboxylic acids is 1. The topological polar surface area (TPSA) is 118 Å². The molecule has 0 radical (unpaired) electrons. The van der Waals surface area contributed by atoms with E-state index in [1.54, 1.807) is 18.3 Å². The number of hydrogen-bond acceptors (Lipinski definition) is 5. The van der Waals surface area contributed by atoms with E-state index in [4.69, 9.17) is 4.74 Å². The van der Waals surface area contributed by atoms with Crippen molar-refractivity contribution in [1.29, 1.82) is 0 Å². The molecule has 0 atom stereocenters. The van der Waals surface area contributed by atoms with Crippen LogP contribution in [0.25, 0.3) is 21.8 Å². The van der Waals surface area contributed by atoms with Crippen molar-refractivity contribution in [3.8, 4) is 5.75 Å². The highest BCUT2D eigenvalue weighted by Crippen LogP contribution is 2.34. The Labute approximate surface area is 219 Å². The standard InChI is InChI=1S/C29H30N4O5/c1-17-13-25-23(26-24(27(34)31-25)16-30-33(26)19-6-2-3-7-19)15-22(17)28(35)32-11-9-20(10-12-32)38-21-8-4-5-18(14-21)29(36)37/h4-5,8,13-16,19-20H,2-3,6-7,9-12H2,1H3,(H,31,34)(H,36,37). The van der Waals surface area contributed by atoms with E-state index in [-0.39, 0.29) is 29.2 Å². The Hall–Kier alpha value is -4.14. The van der Waals surface area contributed by atoms with Crippen LogP contribution in [0, 0.1) is 6.92 Å². The van der Waals surface area contributed by atoms with Crippen LogP contribution in [0.5, 0.6) is 5.75 Å². The van der Waals surface area contributed by atoms with E-state index in [2.05, 4.69) is 10.1 Å². The van der Waals surface area contributed by atoms with E-state index < -0.39 is 5.97 Å². The SMILES string of the molecule is Cc1cc2[nH]c(=O)c3cnn(C4CCCC4)c3c2cc1C(=O)N1CCC(Oc2cccc(C(=O)O)c2)CC1. The number of carbonyl (C=O) groups excluding carboxylic acids is 1. The number of rotatable bonds is 5. The van der Waals surface area contributed by atoms with Crippen molar-refractivity contribution >= 4 is 33.7 Å². The van der Waals surface area contributed by atoms with Gasteiger partial charge in [0.2, 0.25) is 0 Å². The molecule has 2 fully saturated rings. The van der Waals surface area contributed by atoms with E-state index in [1.165, 1.54) is 12.1 Å². The lowest BCUT2D eigenvalue weighted by atomic mass is 10.0. The molecule has 4 aromatic rings. The quantitative estimate of drug-likeness (QED) is 0.399. The van der Waals surface area contributed by atoms with Gasteiger partial charge >= 0.3 is 5.97 Å². The molecular weight excluding hydrogens is 484 g/mol.